The Morgan fingerprint density at radius 3 is 2.84 bits per heavy atom. The van der Waals surface area contributed by atoms with Crippen LogP contribution >= 0.6 is 0 Å². The van der Waals surface area contributed by atoms with E-state index in [0.717, 1.165) is 30.7 Å². The summed E-state index contributed by atoms with van der Waals surface area (Å²) >= 11 is 0. The molecule has 0 saturated heterocycles. The van der Waals surface area contributed by atoms with Crippen LogP contribution in [0.1, 0.15) is 45.7 Å². The van der Waals surface area contributed by atoms with Crippen LogP contribution < -0.4 is 5.32 Å². The first-order valence-electron chi connectivity index (χ1n) is 7.78. The van der Waals surface area contributed by atoms with Crippen LogP contribution in [-0.4, -0.2) is 22.4 Å². The maximum Gasteiger partial charge on any atom is 0.0637 e. The summed E-state index contributed by atoms with van der Waals surface area (Å²) in [6.07, 6.45) is 7.19. The van der Waals surface area contributed by atoms with E-state index in [1.54, 1.807) is 0 Å². The molecule has 3 heteroatoms. The monoisotopic (exact) mass is 263 g/mol. The van der Waals surface area contributed by atoms with Gasteiger partial charge in [-0.3, -0.25) is 4.68 Å². The second kappa shape index (κ2) is 6.56. The summed E-state index contributed by atoms with van der Waals surface area (Å²) in [5.41, 5.74) is 1.19. The highest BCUT2D eigenvalue weighted by atomic mass is 15.2. The minimum atomic E-state index is 0.701. The van der Waals surface area contributed by atoms with Crippen LogP contribution in [0.3, 0.4) is 0 Å². The van der Waals surface area contributed by atoms with Crippen LogP contribution in [-0.2, 0) is 13.5 Å². The van der Waals surface area contributed by atoms with Gasteiger partial charge < -0.3 is 5.32 Å². The molecule has 108 valence electrons. The maximum atomic E-state index is 4.44. The average Bonchev–Trinajstić information content (AvgIpc) is 2.75. The molecular formula is C16H29N3. The van der Waals surface area contributed by atoms with Gasteiger partial charge in [0.25, 0.3) is 0 Å². The number of aromatic nitrogens is 2. The molecule has 1 aromatic heterocycles. The van der Waals surface area contributed by atoms with Crippen LogP contribution in [0.25, 0.3) is 0 Å². The highest BCUT2D eigenvalue weighted by molar-refractivity contribution is 4.99. The van der Waals surface area contributed by atoms with Crippen molar-refractivity contribution < 1.29 is 0 Å². The van der Waals surface area contributed by atoms with Gasteiger partial charge in [0, 0.05) is 32.3 Å². The predicted molar refractivity (Wildman–Crippen MR) is 80.0 cm³/mol. The van der Waals surface area contributed by atoms with Crippen molar-refractivity contribution in [1.82, 2.24) is 15.1 Å². The fourth-order valence-corrected chi connectivity index (χ4v) is 3.42. The zero-order chi connectivity index (χ0) is 13.8. The molecule has 0 amide bonds. The van der Waals surface area contributed by atoms with E-state index in [2.05, 4.69) is 37.3 Å². The Balaban J connectivity index is 1.82. The van der Waals surface area contributed by atoms with Crippen molar-refractivity contribution >= 4 is 0 Å². The van der Waals surface area contributed by atoms with Crippen LogP contribution in [0, 0.1) is 17.8 Å². The van der Waals surface area contributed by atoms with Crippen molar-refractivity contribution in [1.29, 1.82) is 0 Å². The van der Waals surface area contributed by atoms with Gasteiger partial charge in [-0.2, -0.15) is 5.10 Å². The molecule has 1 aliphatic carbocycles. The average molecular weight is 263 g/mol. The minimum absolute atomic E-state index is 0.701. The highest BCUT2D eigenvalue weighted by Gasteiger charge is 2.29. The first kappa shape index (κ1) is 14.6. The number of hydrogen-bond acceptors (Lipinski definition) is 2. The topological polar surface area (TPSA) is 29.9 Å². The van der Waals surface area contributed by atoms with E-state index in [1.807, 2.05) is 17.9 Å². The SMILES string of the molecule is CC1CCC(C(C)C)C(NCCc2ccn(C)n2)C1. The molecule has 3 nitrogen and oxygen atoms in total. The molecule has 2 rings (SSSR count). The summed E-state index contributed by atoms with van der Waals surface area (Å²) < 4.78 is 1.88. The Morgan fingerprint density at radius 1 is 1.42 bits per heavy atom. The van der Waals surface area contributed by atoms with Crippen molar-refractivity contribution in [3.8, 4) is 0 Å². The summed E-state index contributed by atoms with van der Waals surface area (Å²) in [6, 6.07) is 2.82. The van der Waals surface area contributed by atoms with E-state index in [4.69, 9.17) is 0 Å². The fourth-order valence-electron chi connectivity index (χ4n) is 3.42. The van der Waals surface area contributed by atoms with Crippen LogP contribution in [0.15, 0.2) is 12.3 Å². The summed E-state index contributed by atoms with van der Waals surface area (Å²) in [5, 5.41) is 8.23. The van der Waals surface area contributed by atoms with Crippen molar-refractivity contribution in [2.45, 2.75) is 52.5 Å². The summed E-state index contributed by atoms with van der Waals surface area (Å²) in [7, 11) is 1.98. The van der Waals surface area contributed by atoms with E-state index < -0.39 is 0 Å². The first-order valence-corrected chi connectivity index (χ1v) is 7.78. The number of nitrogens with zero attached hydrogens (tertiary/aromatic N) is 2. The molecule has 1 aliphatic rings. The van der Waals surface area contributed by atoms with Crippen molar-refractivity contribution in [2.24, 2.45) is 24.8 Å². The number of rotatable bonds is 5. The van der Waals surface area contributed by atoms with Crippen molar-refractivity contribution in [2.75, 3.05) is 6.54 Å². The van der Waals surface area contributed by atoms with Gasteiger partial charge in [0.2, 0.25) is 0 Å². The second-order valence-corrected chi connectivity index (χ2v) is 6.62. The molecule has 19 heavy (non-hydrogen) atoms. The highest BCUT2D eigenvalue weighted by Crippen LogP contribution is 2.33. The van der Waals surface area contributed by atoms with E-state index >= 15 is 0 Å². The third-order valence-corrected chi connectivity index (χ3v) is 4.58. The van der Waals surface area contributed by atoms with Gasteiger partial charge in [-0.25, -0.2) is 0 Å². The van der Waals surface area contributed by atoms with E-state index in [9.17, 15) is 0 Å². The molecule has 1 fully saturated rings. The van der Waals surface area contributed by atoms with Gasteiger partial charge in [0.05, 0.1) is 5.69 Å². The van der Waals surface area contributed by atoms with E-state index in [0.29, 0.717) is 6.04 Å². The quantitative estimate of drug-likeness (QED) is 0.885. The second-order valence-electron chi connectivity index (χ2n) is 6.62. The maximum absolute atomic E-state index is 4.44. The molecule has 0 aliphatic heterocycles. The molecule has 0 radical (unpaired) electrons. The van der Waals surface area contributed by atoms with Crippen LogP contribution in [0.2, 0.25) is 0 Å². The van der Waals surface area contributed by atoms with Gasteiger partial charge in [-0.1, -0.05) is 27.2 Å². The summed E-state index contributed by atoms with van der Waals surface area (Å²) in [4.78, 5) is 0. The Bertz CT molecular complexity index is 383. The zero-order valence-corrected chi connectivity index (χ0v) is 12.9. The Kier molecular flexibility index (Phi) is 5.03. The van der Waals surface area contributed by atoms with Gasteiger partial charge in [-0.05, 0) is 36.7 Å². The molecule has 1 aromatic rings. The number of aryl methyl sites for hydroxylation is 1. The lowest BCUT2D eigenvalue weighted by molar-refractivity contribution is 0.171. The Labute approximate surface area is 117 Å². The molecule has 1 heterocycles. The molecule has 1 N–H and O–H groups in total. The summed E-state index contributed by atoms with van der Waals surface area (Å²) in [6.45, 7) is 8.18. The van der Waals surface area contributed by atoms with Gasteiger partial charge in [0.1, 0.15) is 0 Å². The Morgan fingerprint density at radius 2 is 2.21 bits per heavy atom. The van der Waals surface area contributed by atoms with E-state index in [-0.39, 0.29) is 0 Å². The number of nitrogens with one attached hydrogen (secondary N) is 1. The lowest BCUT2D eigenvalue weighted by Gasteiger charge is -2.38. The molecule has 0 bridgehead atoms. The van der Waals surface area contributed by atoms with Gasteiger partial charge in [0.15, 0.2) is 0 Å². The van der Waals surface area contributed by atoms with Crippen LogP contribution in [0.4, 0.5) is 0 Å². The molecule has 3 unspecified atom stereocenters. The zero-order valence-electron chi connectivity index (χ0n) is 12.9. The molecule has 0 aromatic carbocycles. The van der Waals surface area contributed by atoms with Crippen molar-refractivity contribution in [3.63, 3.8) is 0 Å². The van der Waals surface area contributed by atoms with Crippen LogP contribution in [0.5, 0.6) is 0 Å². The smallest absolute Gasteiger partial charge is 0.0637 e. The normalized spacial score (nSPS) is 27.9. The van der Waals surface area contributed by atoms with Gasteiger partial charge >= 0.3 is 0 Å². The Hall–Kier alpha value is -0.830. The first-order chi connectivity index (χ1) is 9.06. The standard InChI is InChI=1S/C16H29N3/c1-12(2)15-6-5-13(3)11-16(15)17-9-7-14-8-10-19(4)18-14/h8,10,12-13,15-17H,5-7,9,11H2,1-4H3. The molecule has 3 atom stereocenters. The molecule has 0 spiro atoms. The third-order valence-electron chi connectivity index (χ3n) is 4.58. The van der Waals surface area contributed by atoms with E-state index in [1.165, 1.54) is 25.0 Å². The van der Waals surface area contributed by atoms with Gasteiger partial charge in [-0.15, -0.1) is 0 Å². The predicted octanol–water partition coefficient (Wildman–Crippen LogP) is 3.01. The lowest BCUT2D eigenvalue weighted by atomic mass is 9.74. The summed E-state index contributed by atoms with van der Waals surface area (Å²) in [5.74, 6) is 2.52. The number of hydrogen-bond donors (Lipinski definition) is 1. The van der Waals surface area contributed by atoms with Crippen molar-refractivity contribution in [3.05, 3.63) is 18.0 Å². The molecule has 1 saturated carbocycles. The lowest BCUT2D eigenvalue weighted by Crippen LogP contribution is -2.43. The third kappa shape index (κ3) is 4.07. The minimum Gasteiger partial charge on any atom is -0.313 e. The molecular weight excluding hydrogens is 234 g/mol. The fraction of sp³-hybridized carbons (Fsp3) is 0.812. The largest absolute Gasteiger partial charge is 0.313 e.